The molecule has 0 aliphatic heterocycles. The number of nitrogens with zero attached hydrogens (tertiary/aromatic N) is 3. The highest BCUT2D eigenvalue weighted by atomic mass is 79.9. The van der Waals surface area contributed by atoms with Gasteiger partial charge in [0.05, 0.1) is 11.4 Å². The molecule has 1 amide bonds. The summed E-state index contributed by atoms with van der Waals surface area (Å²) in [5.41, 5.74) is -0.300. The Hall–Kier alpha value is -2.15. The molecular formula is C15H13BrN4O5S-2. The number of halogens is 1. The predicted molar refractivity (Wildman–Crippen MR) is 104 cm³/mol. The normalized spacial score (nSPS) is 11.2. The van der Waals surface area contributed by atoms with Gasteiger partial charge in [-0.05, 0) is 48.7 Å². The number of anilines is 2. The van der Waals surface area contributed by atoms with Gasteiger partial charge in [-0.1, -0.05) is 27.7 Å². The fourth-order valence-corrected chi connectivity index (χ4v) is 2.53. The lowest BCUT2D eigenvalue weighted by atomic mass is 10.1. The van der Waals surface area contributed by atoms with Gasteiger partial charge >= 0.3 is 0 Å². The number of hydrogen-bond acceptors (Lipinski definition) is 9. The molecule has 0 saturated heterocycles. The van der Waals surface area contributed by atoms with Crippen LogP contribution in [0.25, 0.3) is 0 Å². The lowest BCUT2D eigenvalue weighted by molar-refractivity contribution is 0.0291. The summed E-state index contributed by atoms with van der Waals surface area (Å²) in [6, 6.07) is 10.1. The van der Waals surface area contributed by atoms with Gasteiger partial charge < -0.3 is 21.0 Å². The zero-order valence-corrected chi connectivity index (χ0v) is 15.7. The van der Waals surface area contributed by atoms with Crippen LogP contribution in [-0.4, -0.2) is 27.7 Å². The molecule has 0 spiro atoms. The highest BCUT2D eigenvalue weighted by Crippen LogP contribution is 2.24. The molecule has 0 fully saturated rings. The first-order chi connectivity index (χ1) is 12.3. The second-order valence-electron chi connectivity index (χ2n) is 4.84. The summed E-state index contributed by atoms with van der Waals surface area (Å²) >= 11 is 4.49. The fourth-order valence-electron chi connectivity index (χ4n) is 1.87. The molecule has 26 heavy (non-hydrogen) atoms. The summed E-state index contributed by atoms with van der Waals surface area (Å²) in [6.07, 6.45) is 1.71. The summed E-state index contributed by atoms with van der Waals surface area (Å²) in [7, 11) is 0. The van der Waals surface area contributed by atoms with Crippen LogP contribution in [0.2, 0.25) is 0 Å². The number of amides is 1. The van der Waals surface area contributed by atoms with E-state index in [2.05, 4.69) is 26.2 Å². The lowest BCUT2D eigenvalue weighted by Gasteiger charge is -2.38. The van der Waals surface area contributed by atoms with Crippen molar-refractivity contribution in [3.8, 4) is 0 Å². The van der Waals surface area contributed by atoms with E-state index >= 15 is 0 Å². The van der Waals surface area contributed by atoms with Gasteiger partial charge in [0.15, 0.2) is 5.17 Å². The summed E-state index contributed by atoms with van der Waals surface area (Å²) in [5, 5.41) is 41.9. The first-order valence-electron chi connectivity index (χ1n) is 6.97. The Labute approximate surface area is 161 Å². The van der Waals surface area contributed by atoms with Crippen LogP contribution in [0.3, 0.4) is 0 Å². The molecule has 0 unspecified atom stereocenters. The van der Waals surface area contributed by atoms with E-state index in [-0.39, 0.29) is 21.6 Å². The van der Waals surface area contributed by atoms with Gasteiger partial charge in [0.2, 0.25) is 0 Å². The Morgan fingerprint density at radius 2 is 1.77 bits per heavy atom. The van der Waals surface area contributed by atoms with Crippen LogP contribution >= 0.6 is 27.7 Å². The monoisotopic (exact) mass is 440 g/mol. The molecule has 0 aromatic heterocycles. The van der Waals surface area contributed by atoms with Crippen LogP contribution in [0, 0.1) is 10.4 Å². The molecule has 9 nitrogen and oxygen atoms in total. The Bertz CT molecular complexity index is 788. The van der Waals surface area contributed by atoms with Crippen molar-refractivity contribution in [2.75, 3.05) is 16.7 Å². The zero-order valence-electron chi connectivity index (χ0n) is 13.3. The maximum absolute atomic E-state index is 12.4. The van der Waals surface area contributed by atoms with Crippen LogP contribution in [0.1, 0.15) is 10.4 Å². The van der Waals surface area contributed by atoms with Crippen molar-refractivity contribution in [2.45, 2.75) is 0 Å². The average Bonchev–Trinajstić information content (AvgIpc) is 2.62. The summed E-state index contributed by atoms with van der Waals surface area (Å²) < 4.78 is 0.882. The van der Waals surface area contributed by atoms with Gasteiger partial charge in [-0.3, -0.25) is 15.2 Å². The van der Waals surface area contributed by atoms with Crippen molar-refractivity contribution in [3.63, 3.8) is 0 Å². The molecule has 0 aliphatic carbocycles. The quantitative estimate of drug-likeness (QED) is 0.372. The van der Waals surface area contributed by atoms with E-state index in [9.17, 15) is 15.2 Å². The molecule has 11 heteroatoms. The van der Waals surface area contributed by atoms with E-state index in [4.69, 9.17) is 10.4 Å². The Morgan fingerprint density at radius 1 is 1.15 bits per heavy atom. The predicted octanol–water partition coefficient (Wildman–Crippen LogP) is 3.62. The topological polar surface area (TPSA) is 135 Å². The second kappa shape index (κ2) is 8.98. The summed E-state index contributed by atoms with van der Waals surface area (Å²) in [4.78, 5) is 16.7. The van der Waals surface area contributed by atoms with Crippen molar-refractivity contribution in [1.29, 1.82) is 0 Å². The SMILES string of the molecule is CSC(=Nc1ccc(Br)cc1)NC(=O)c1cc(N([O-])[O-])cc(N(O)O)c1. The number of thioether (sulfide) groups is 1. The van der Waals surface area contributed by atoms with E-state index in [0.717, 1.165) is 22.7 Å². The van der Waals surface area contributed by atoms with Crippen LogP contribution < -0.4 is 15.8 Å². The molecule has 3 N–H and O–H groups in total. The average molecular weight is 441 g/mol. The highest BCUT2D eigenvalue weighted by molar-refractivity contribution is 9.10. The summed E-state index contributed by atoms with van der Waals surface area (Å²) in [5.74, 6) is -0.679. The number of nitrogens with one attached hydrogen (secondary N) is 1. The Balaban J connectivity index is 2.28. The van der Waals surface area contributed by atoms with Crippen molar-refractivity contribution in [3.05, 3.63) is 62.9 Å². The number of benzene rings is 2. The number of rotatable bonds is 4. The number of aliphatic imine (C=N–C) groups is 1. The Morgan fingerprint density at radius 3 is 2.31 bits per heavy atom. The third kappa shape index (κ3) is 5.42. The minimum absolute atomic E-state index is 0.125. The number of carbonyl (C=O) groups is 1. The minimum Gasteiger partial charge on any atom is -0.769 e. The van der Waals surface area contributed by atoms with Crippen molar-refractivity contribution in [2.24, 2.45) is 4.99 Å². The van der Waals surface area contributed by atoms with Gasteiger partial charge in [-0.2, -0.15) is 0 Å². The molecule has 138 valence electrons. The van der Waals surface area contributed by atoms with Gasteiger partial charge in [-0.25, -0.2) is 4.99 Å². The van der Waals surface area contributed by atoms with Crippen molar-refractivity contribution >= 4 is 55.8 Å². The highest BCUT2D eigenvalue weighted by Gasteiger charge is 2.13. The second-order valence-corrected chi connectivity index (χ2v) is 6.55. The zero-order chi connectivity index (χ0) is 19.3. The van der Waals surface area contributed by atoms with E-state index in [0.29, 0.717) is 5.69 Å². The standard InChI is InChI=1S/C15H13BrN4O5S/c1-26-15(17-11-4-2-10(16)3-5-11)18-14(21)9-6-12(19(22)23)8-13(7-9)20(24)25/h2-8,22-23H,1H3,(H,17,18,21)/q-2. The Kier molecular flexibility index (Phi) is 6.97. The molecule has 2 aromatic carbocycles. The van der Waals surface area contributed by atoms with E-state index in [1.54, 1.807) is 30.5 Å². The third-order valence-corrected chi connectivity index (χ3v) is 4.19. The molecule has 2 rings (SSSR count). The van der Waals surface area contributed by atoms with E-state index in [1.807, 2.05) is 0 Å². The smallest absolute Gasteiger partial charge is 0.257 e. The van der Waals surface area contributed by atoms with E-state index < -0.39 is 16.8 Å². The van der Waals surface area contributed by atoms with Gasteiger partial charge in [0, 0.05) is 15.7 Å². The summed E-state index contributed by atoms with van der Waals surface area (Å²) in [6.45, 7) is 0. The molecular weight excluding hydrogens is 428 g/mol. The number of carbonyl (C=O) groups excluding carboxylic acids is 1. The lowest BCUT2D eigenvalue weighted by Crippen LogP contribution is -2.28. The number of amidine groups is 1. The van der Waals surface area contributed by atoms with Gasteiger partial charge in [0.1, 0.15) is 0 Å². The first kappa shape index (κ1) is 20.2. The van der Waals surface area contributed by atoms with Crippen molar-refractivity contribution in [1.82, 2.24) is 5.32 Å². The molecule has 0 bridgehead atoms. The van der Waals surface area contributed by atoms with E-state index in [1.165, 1.54) is 11.8 Å². The largest absolute Gasteiger partial charge is 0.769 e. The molecule has 0 atom stereocenters. The fraction of sp³-hybridized carbons (Fsp3) is 0.0667. The molecule has 0 radical (unpaired) electrons. The van der Waals surface area contributed by atoms with Crippen LogP contribution in [0.5, 0.6) is 0 Å². The first-order valence-corrected chi connectivity index (χ1v) is 8.99. The number of hydrogen-bond donors (Lipinski definition) is 3. The van der Waals surface area contributed by atoms with Crippen molar-refractivity contribution < 1.29 is 15.2 Å². The molecule has 0 heterocycles. The van der Waals surface area contributed by atoms with Gasteiger partial charge in [-0.15, -0.1) is 5.23 Å². The third-order valence-electron chi connectivity index (χ3n) is 3.08. The van der Waals surface area contributed by atoms with Crippen LogP contribution in [0.15, 0.2) is 51.9 Å². The molecule has 0 aliphatic rings. The minimum atomic E-state index is -0.741. The van der Waals surface area contributed by atoms with Crippen LogP contribution in [-0.2, 0) is 0 Å². The maximum atomic E-state index is 12.4. The van der Waals surface area contributed by atoms with Crippen LogP contribution in [0.4, 0.5) is 17.1 Å². The van der Waals surface area contributed by atoms with Gasteiger partial charge in [0.25, 0.3) is 5.91 Å². The molecule has 0 saturated carbocycles. The maximum Gasteiger partial charge on any atom is 0.257 e. The molecule has 2 aromatic rings.